The molecule has 4 heteroatoms. The number of rotatable bonds is 7. The zero-order chi connectivity index (χ0) is 11.8. The van der Waals surface area contributed by atoms with Crippen molar-refractivity contribution in [2.75, 3.05) is 13.6 Å². The lowest BCUT2D eigenvalue weighted by Gasteiger charge is -2.09. The number of carbonyl (C=O) groups is 1. The maximum Gasteiger partial charge on any atom is 0.221 e. The van der Waals surface area contributed by atoms with Gasteiger partial charge in [-0.3, -0.25) is 4.79 Å². The number of carbonyl (C=O) groups excluding carboxylic acids is 1. The van der Waals surface area contributed by atoms with Crippen molar-refractivity contribution in [1.82, 2.24) is 15.2 Å². The molecular formula is C12H21N3O. The molecule has 0 aromatic carbocycles. The van der Waals surface area contributed by atoms with Crippen molar-refractivity contribution in [2.45, 2.75) is 32.9 Å². The fourth-order valence-electron chi connectivity index (χ4n) is 1.57. The highest BCUT2D eigenvalue weighted by Crippen LogP contribution is 2.03. The Morgan fingerprint density at radius 2 is 2.31 bits per heavy atom. The lowest BCUT2D eigenvalue weighted by Crippen LogP contribution is -2.21. The number of hydrogen-bond donors (Lipinski definition) is 2. The normalized spacial score (nSPS) is 10.4. The van der Waals surface area contributed by atoms with Crippen molar-refractivity contribution in [1.29, 1.82) is 0 Å². The van der Waals surface area contributed by atoms with Crippen LogP contribution in [-0.2, 0) is 17.9 Å². The average Bonchev–Trinajstić information content (AvgIpc) is 2.74. The minimum absolute atomic E-state index is 0.0844. The first-order valence-electron chi connectivity index (χ1n) is 5.83. The van der Waals surface area contributed by atoms with Gasteiger partial charge < -0.3 is 15.2 Å². The van der Waals surface area contributed by atoms with E-state index >= 15 is 0 Å². The lowest BCUT2D eigenvalue weighted by molar-refractivity contribution is -0.120. The SMILES string of the molecule is CCCNCc1cccn1CCC(=O)NC. The summed E-state index contributed by atoms with van der Waals surface area (Å²) in [5.74, 6) is 0.0844. The van der Waals surface area contributed by atoms with E-state index in [9.17, 15) is 4.79 Å². The van der Waals surface area contributed by atoms with E-state index in [1.807, 2.05) is 12.3 Å². The van der Waals surface area contributed by atoms with Gasteiger partial charge in [-0.25, -0.2) is 0 Å². The summed E-state index contributed by atoms with van der Waals surface area (Å²) < 4.78 is 2.12. The predicted octanol–water partition coefficient (Wildman–Crippen LogP) is 1.12. The van der Waals surface area contributed by atoms with Crippen molar-refractivity contribution in [3.8, 4) is 0 Å². The number of aromatic nitrogens is 1. The van der Waals surface area contributed by atoms with Gasteiger partial charge in [0, 0.05) is 38.4 Å². The van der Waals surface area contributed by atoms with Crippen LogP contribution in [0.3, 0.4) is 0 Å². The summed E-state index contributed by atoms with van der Waals surface area (Å²) in [6, 6.07) is 4.11. The number of hydrogen-bond acceptors (Lipinski definition) is 2. The highest BCUT2D eigenvalue weighted by atomic mass is 16.1. The monoisotopic (exact) mass is 223 g/mol. The first-order chi connectivity index (χ1) is 7.77. The summed E-state index contributed by atoms with van der Waals surface area (Å²) in [7, 11) is 1.67. The van der Waals surface area contributed by atoms with Gasteiger partial charge in [0.1, 0.15) is 0 Å². The molecule has 0 fully saturated rings. The Hall–Kier alpha value is -1.29. The summed E-state index contributed by atoms with van der Waals surface area (Å²) in [4.78, 5) is 11.1. The Kier molecular flexibility index (Phi) is 5.64. The average molecular weight is 223 g/mol. The van der Waals surface area contributed by atoms with Gasteiger partial charge in [-0.1, -0.05) is 6.92 Å². The van der Waals surface area contributed by atoms with Gasteiger partial charge in [0.05, 0.1) is 0 Å². The molecule has 0 saturated carbocycles. The minimum Gasteiger partial charge on any atom is -0.359 e. The van der Waals surface area contributed by atoms with Gasteiger partial charge >= 0.3 is 0 Å². The number of nitrogens with one attached hydrogen (secondary N) is 2. The fraction of sp³-hybridized carbons (Fsp3) is 0.583. The van der Waals surface area contributed by atoms with Crippen LogP contribution in [0.4, 0.5) is 0 Å². The molecule has 16 heavy (non-hydrogen) atoms. The van der Waals surface area contributed by atoms with Crippen LogP contribution in [0.2, 0.25) is 0 Å². The molecule has 0 atom stereocenters. The maximum absolute atomic E-state index is 11.1. The molecule has 0 bridgehead atoms. The molecule has 1 aromatic rings. The van der Waals surface area contributed by atoms with Gasteiger partial charge in [0.25, 0.3) is 0 Å². The zero-order valence-electron chi connectivity index (χ0n) is 10.1. The third-order valence-electron chi connectivity index (χ3n) is 2.52. The van der Waals surface area contributed by atoms with Crippen LogP contribution in [0, 0.1) is 0 Å². The molecular weight excluding hydrogens is 202 g/mol. The second-order valence-electron chi connectivity index (χ2n) is 3.79. The van der Waals surface area contributed by atoms with Crippen molar-refractivity contribution in [3.05, 3.63) is 24.0 Å². The molecule has 90 valence electrons. The molecule has 2 N–H and O–H groups in total. The molecule has 0 aliphatic rings. The molecule has 1 aromatic heterocycles. The highest BCUT2D eigenvalue weighted by molar-refractivity contribution is 5.75. The minimum atomic E-state index is 0.0844. The Morgan fingerprint density at radius 3 is 3.00 bits per heavy atom. The van der Waals surface area contributed by atoms with Crippen LogP contribution >= 0.6 is 0 Å². The first-order valence-corrected chi connectivity index (χ1v) is 5.83. The molecule has 0 spiro atoms. The molecule has 1 heterocycles. The van der Waals surface area contributed by atoms with Crippen molar-refractivity contribution in [3.63, 3.8) is 0 Å². The quantitative estimate of drug-likeness (QED) is 0.681. The summed E-state index contributed by atoms with van der Waals surface area (Å²) in [6.45, 7) is 4.79. The lowest BCUT2D eigenvalue weighted by atomic mass is 10.3. The van der Waals surface area contributed by atoms with E-state index in [1.165, 1.54) is 5.69 Å². The summed E-state index contributed by atoms with van der Waals surface area (Å²) in [6.07, 6.45) is 3.69. The van der Waals surface area contributed by atoms with E-state index in [0.29, 0.717) is 6.42 Å². The van der Waals surface area contributed by atoms with E-state index in [-0.39, 0.29) is 5.91 Å². The summed E-state index contributed by atoms with van der Waals surface area (Å²) in [5, 5.41) is 5.99. The molecule has 4 nitrogen and oxygen atoms in total. The molecule has 0 unspecified atom stereocenters. The molecule has 1 rings (SSSR count). The molecule has 0 aliphatic carbocycles. The topological polar surface area (TPSA) is 46.1 Å². The number of amides is 1. The Bertz CT molecular complexity index is 320. The van der Waals surface area contributed by atoms with Crippen LogP contribution < -0.4 is 10.6 Å². The van der Waals surface area contributed by atoms with E-state index in [4.69, 9.17) is 0 Å². The fourth-order valence-corrected chi connectivity index (χ4v) is 1.57. The van der Waals surface area contributed by atoms with Crippen LogP contribution in [0.1, 0.15) is 25.5 Å². The largest absolute Gasteiger partial charge is 0.359 e. The highest BCUT2D eigenvalue weighted by Gasteiger charge is 2.02. The van der Waals surface area contributed by atoms with E-state index in [2.05, 4.69) is 28.2 Å². The Balaban J connectivity index is 2.40. The van der Waals surface area contributed by atoms with Crippen LogP contribution in [0.15, 0.2) is 18.3 Å². The Morgan fingerprint density at radius 1 is 1.50 bits per heavy atom. The summed E-state index contributed by atoms with van der Waals surface area (Å²) >= 11 is 0. The van der Waals surface area contributed by atoms with Crippen LogP contribution in [-0.4, -0.2) is 24.1 Å². The third kappa shape index (κ3) is 4.06. The number of nitrogens with zero attached hydrogens (tertiary/aromatic N) is 1. The first kappa shape index (κ1) is 12.8. The zero-order valence-corrected chi connectivity index (χ0v) is 10.1. The van der Waals surface area contributed by atoms with Gasteiger partial charge in [0.2, 0.25) is 5.91 Å². The van der Waals surface area contributed by atoms with Crippen molar-refractivity contribution in [2.24, 2.45) is 0 Å². The van der Waals surface area contributed by atoms with Gasteiger partial charge in [0.15, 0.2) is 0 Å². The van der Waals surface area contributed by atoms with E-state index in [1.54, 1.807) is 7.05 Å². The molecule has 0 aliphatic heterocycles. The molecule has 0 saturated heterocycles. The second kappa shape index (κ2) is 7.06. The van der Waals surface area contributed by atoms with Crippen LogP contribution in [0.25, 0.3) is 0 Å². The van der Waals surface area contributed by atoms with Gasteiger partial charge in [-0.2, -0.15) is 0 Å². The molecule has 0 radical (unpaired) electrons. The third-order valence-corrected chi connectivity index (χ3v) is 2.52. The van der Waals surface area contributed by atoms with Crippen LogP contribution in [0.5, 0.6) is 0 Å². The van der Waals surface area contributed by atoms with Gasteiger partial charge in [-0.15, -0.1) is 0 Å². The standard InChI is InChI=1S/C12H21N3O/c1-3-7-14-10-11-5-4-8-15(11)9-6-12(16)13-2/h4-5,8,14H,3,6-7,9-10H2,1-2H3,(H,13,16). The molecule has 1 amide bonds. The summed E-state index contributed by atoms with van der Waals surface area (Å²) in [5.41, 5.74) is 1.23. The van der Waals surface area contributed by atoms with E-state index < -0.39 is 0 Å². The second-order valence-corrected chi connectivity index (χ2v) is 3.79. The predicted molar refractivity (Wildman–Crippen MR) is 65.1 cm³/mol. The van der Waals surface area contributed by atoms with Crippen molar-refractivity contribution >= 4 is 5.91 Å². The van der Waals surface area contributed by atoms with Gasteiger partial charge in [-0.05, 0) is 25.1 Å². The van der Waals surface area contributed by atoms with E-state index in [0.717, 1.165) is 26.1 Å². The smallest absolute Gasteiger partial charge is 0.221 e. The van der Waals surface area contributed by atoms with Crippen molar-refractivity contribution < 1.29 is 4.79 Å². The maximum atomic E-state index is 11.1. The number of aryl methyl sites for hydroxylation is 1. The Labute approximate surface area is 97.0 Å².